The zero-order chi connectivity index (χ0) is 27.8. The number of carbonyl (C=O) groups is 2. The van der Waals surface area contributed by atoms with Gasteiger partial charge < -0.3 is 23.6 Å². The van der Waals surface area contributed by atoms with Crippen molar-refractivity contribution in [2.45, 2.75) is 6.92 Å². The number of carbonyl (C=O) groups excluding carboxylic acids is 2. The van der Waals surface area contributed by atoms with E-state index in [0.29, 0.717) is 39.5 Å². The highest BCUT2D eigenvalue weighted by atomic mass is 16.5. The van der Waals surface area contributed by atoms with Crippen molar-refractivity contribution in [1.29, 1.82) is 0 Å². The third-order valence-corrected chi connectivity index (χ3v) is 6.71. The summed E-state index contributed by atoms with van der Waals surface area (Å²) in [6.07, 6.45) is 0. The van der Waals surface area contributed by atoms with Gasteiger partial charge in [0.15, 0.2) is 17.6 Å². The first-order chi connectivity index (χ1) is 19.4. The first-order valence-electron chi connectivity index (χ1n) is 12.5. The molecule has 2 aromatic heterocycles. The highest BCUT2D eigenvalue weighted by molar-refractivity contribution is 6.08. The Labute approximate surface area is 227 Å². The largest absolute Gasteiger partial charge is 0.495 e. The van der Waals surface area contributed by atoms with E-state index in [1.165, 1.54) is 13.2 Å². The first-order valence-corrected chi connectivity index (χ1v) is 12.5. The highest BCUT2D eigenvalue weighted by Gasteiger charge is 2.21. The molecule has 6 rings (SSSR count). The zero-order valence-electron chi connectivity index (χ0n) is 21.6. The minimum Gasteiger partial charge on any atom is -0.495 e. The standard InChI is InChI=1S/C32H23NO7/c1-18-29(35)21-12-8-13-22(31(21)40-30(18)19-9-4-3-5-10-19)32(36)38-17-28(34)33-24-16-26-23(15-27(24)37-2)20-11-6-7-14-25(20)39-26/h3-16H,17H2,1-2H3,(H,33,34). The van der Waals surface area contributed by atoms with E-state index in [9.17, 15) is 14.4 Å². The molecule has 0 saturated carbocycles. The Balaban J connectivity index is 1.25. The Kier molecular flexibility index (Phi) is 6.28. The van der Waals surface area contributed by atoms with E-state index in [1.54, 1.807) is 31.2 Å². The minimum absolute atomic E-state index is 0.0425. The number of hydrogen-bond acceptors (Lipinski definition) is 7. The van der Waals surface area contributed by atoms with Gasteiger partial charge in [-0.1, -0.05) is 54.6 Å². The summed E-state index contributed by atoms with van der Waals surface area (Å²) in [5.41, 5.74) is 2.68. The second-order valence-electron chi connectivity index (χ2n) is 9.20. The molecule has 0 aliphatic rings. The van der Waals surface area contributed by atoms with Crippen LogP contribution in [0.3, 0.4) is 0 Å². The van der Waals surface area contributed by atoms with Crippen molar-refractivity contribution in [3.63, 3.8) is 0 Å². The molecule has 1 N–H and O–H groups in total. The molecule has 1 amide bonds. The van der Waals surface area contributed by atoms with Crippen LogP contribution in [0.2, 0.25) is 0 Å². The van der Waals surface area contributed by atoms with Crippen LogP contribution in [0.15, 0.2) is 98.6 Å². The molecule has 0 radical (unpaired) electrons. The summed E-state index contributed by atoms with van der Waals surface area (Å²) in [5.74, 6) is -0.585. The van der Waals surface area contributed by atoms with Crippen molar-refractivity contribution in [1.82, 2.24) is 0 Å². The molecule has 0 fully saturated rings. The summed E-state index contributed by atoms with van der Waals surface area (Å²) in [5, 5.41) is 4.74. The van der Waals surface area contributed by atoms with Gasteiger partial charge in [-0.15, -0.1) is 0 Å². The van der Waals surface area contributed by atoms with Gasteiger partial charge in [0.25, 0.3) is 5.91 Å². The van der Waals surface area contributed by atoms with Crippen LogP contribution >= 0.6 is 0 Å². The van der Waals surface area contributed by atoms with E-state index in [1.807, 2.05) is 54.6 Å². The number of methoxy groups -OCH3 is 1. The number of anilines is 1. The Morgan fingerprint density at radius 2 is 1.57 bits per heavy atom. The molecule has 0 bridgehead atoms. The molecule has 6 aromatic rings. The minimum atomic E-state index is -0.800. The predicted molar refractivity (Wildman–Crippen MR) is 152 cm³/mol. The van der Waals surface area contributed by atoms with E-state index < -0.39 is 18.5 Å². The van der Waals surface area contributed by atoms with Crippen LogP contribution in [0.4, 0.5) is 5.69 Å². The summed E-state index contributed by atoms with van der Waals surface area (Å²) < 4.78 is 22.8. The van der Waals surface area contributed by atoms with Crippen LogP contribution < -0.4 is 15.5 Å². The number of fused-ring (bicyclic) bond motifs is 4. The lowest BCUT2D eigenvalue weighted by Crippen LogP contribution is -2.21. The normalized spacial score (nSPS) is 11.2. The molecule has 0 unspecified atom stereocenters. The number of amides is 1. The van der Waals surface area contributed by atoms with Gasteiger partial charge in [0, 0.05) is 28.0 Å². The monoisotopic (exact) mass is 533 g/mol. The summed E-state index contributed by atoms with van der Waals surface area (Å²) in [4.78, 5) is 38.9. The maximum atomic E-state index is 13.1. The van der Waals surface area contributed by atoms with E-state index >= 15 is 0 Å². The maximum Gasteiger partial charge on any atom is 0.342 e. The van der Waals surface area contributed by atoms with Crippen molar-refractivity contribution in [2.75, 3.05) is 19.0 Å². The molecule has 40 heavy (non-hydrogen) atoms. The molecule has 198 valence electrons. The topological polar surface area (TPSA) is 108 Å². The second-order valence-corrected chi connectivity index (χ2v) is 9.20. The van der Waals surface area contributed by atoms with Gasteiger partial charge in [0.05, 0.1) is 18.2 Å². The van der Waals surface area contributed by atoms with Crippen LogP contribution in [0.1, 0.15) is 15.9 Å². The van der Waals surface area contributed by atoms with Crippen molar-refractivity contribution < 1.29 is 27.9 Å². The Morgan fingerprint density at radius 1 is 0.825 bits per heavy atom. The van der Waals surface area contributed by atoms with Gasteiger partial charge in [-0.05, 0) is 31.2 Å². The fourth-order valence-corrected chi connectivity index (χ4v) is 4.75. The lowest BCUT2D eigenvalue weighted by Gasteiger charge is -2.12. The van der Waals surface area contributed by atoms with E-state index in [4.69, 9.17) is 18.3 Å². The van der Waals surface area contributed by atoms with Gasteiger partial charge >= 0.3 is 5.97 Å². The Morgan fingerprint density at radius 3 is 2.38 bits per heavy atom. The molecule has 8 nitrogen and oxygen atoms in total. The Bertz CT molecular complexity index is 1990. The van der Waals surface area contributed by atoms with E-state index in [-0.39, 0.29) is 22.0 Å². The molecule has 0 atom stereocenters. The summed E-state index contributed by atoms with van der Waals surface area (Å²) in [7, 11) is 1.50. The summed E-state index contributed by atoms with van der Waals surface area (Å²) in [6, 6.07) is 24.9. The van der Waals surface area contributed by atoms with Crippen LogP contribution in [-0.4, -0.2) is 25.6 Å². The van der Waals surface area contributed by atoms with Crippen LogP contribution in [0.25, 0.3) is 44.2 Å². The molecule has 4 aromatic carbocycles. The number of benzene rings is 4. The number of nitrogens with one attached hydrogen (secondary N) is 1. The van der Waals surface area contributed by atoms with Crippen molar-refractivity contribution in [3.05, 3.63) is 106 Å². The lowest BCUT2D eigenvalue weighted by molar-refractivity contribution is -0.119. The average Bonchev–Trinajstić information content (AvgIpc) is 3.34. The van der Waals surface area contributed by atoms with E-state index in [0.717, 1.165) is 10.8 Å². The quantitative estimate of drug-likeness (QED) is 0.244. The number of hydrogen-bond donors (Lipinski definition) is 1. The SMILES string of the molecule is COc1cc2c(cc1NC(=O)COC(=O)c1cccc3c(=O)c(C)c(-c4ccccc4)oc13)oc1ccccc12. The number of furan rings is 1. The van der Waals surface area contributed by atoms with Crippen LogP contribution in [0.5, 0.6) is 5.75 Å². The number of esters is 1. The smallest absolute Gasteiger partial charge is 0.342 e. The molecule has 0 aliphatic heterocycles. The predicted octanol–water partition coefficient (Wildman–Crippen LogP) is 6.47. The van der Waals surface area contributed by atoms with Gasteiger partial charge in [0.1, 0.15) is 28.2 Å². The lowest BCUT2D eigenvalue weighted by atomic mass is 10.0. The van der Waals surface area contributed by atoms with Crippen molar-refractivity contribution in [2.24, 2.45) is 0 Å². The summed E-state index contributed by atoms with van der Waals surface area (Å²) >= 11 is 0. The molecular formula is C32H23NO7. The van der Waals surface area contributed by atoms with Gasteiger partial charge in [0.2, 0.25) is 0 Å². The molecular weight excluding hydrogens is 510 g/mol. The Hall–Kier alpha value is -5.37. The number of rotatable bonds is 6. The summed E-state index contributed by atoms with van der Waals surface area (Å²) in [6.45, 7) is 1.11. The molecule has 0 saturated heterocycles. The zero-order valence-corrected chi connectivity index (χ0v) is 21.6. The fourth-order valence-electron chi connectivity index (χ4n) is 4.75. The molecule has 2 heterocycles. The number of para-hydroxylation sites is 2. The molecule has 0 aliphatic carbocycles. The van der Waals surface area contributed by atoms with Crippen molar-refractivity contribution >= 4 is 50.5 Å². The second kappa shape index (κ2) is 10.1. The highest BCUT2D eigenvalue weighted by Crippen LogP contribution is 2.36. The molecule has 0 spiro atoms. The van der Waals surface area contributed by atoms with Crippen LogP contribution in [0, 0.1) is 6.92 Å². The number of ether oxygens (including phenoxy) is 2. The van der Waals surface area contributed by atoms with Gasteiger partial charge in [-0.2, -0.15) is 0 Å². The molecule has 8 heteroatoms. The fraction of sp³-hybridized carbons (Fsp3) is 0.0938. The van der Waals surface area contributed by atoms with Gasteiger partial charge in [-0.3, -0.25) is 9.59 Å². The van der Waals surface area contributed by atoms with E-state index in [2.05, 4.69) is 5.32 Å². The van der Waals surface area contributed by atoms with Gasteiger partial charge in [-0.25, -0.2) is 4.79 Å². The third-order valence-electron chi connectivity index (χ3n) is 6.71. The first kappa shape index (κ1) is 24.9. The van der Waals surface area contributed by atoms with Crippen molar-refractivity contribution in [3.8, 4) is 17.1 Å². The third kappa shape index (κ3) is 4.35. The van der Waals surface area contributed by atoms with Crippen LogP contribution in [-0.2, 0) is 9.53 Å². The average molecular weight is 534 g/mol. The maximum absolute atomic E-state index is 13.1.